The molecule has 1 saturated heterocycles. The lowest BCUT2D eigenvalue weighted by Gasteiger charge is -2.27. The van der Waals surface area contributed by atoms with Crippen molar-refractivity contribution in [2.24, 2.45) is 0 Å². The Labute approximate surface area is 112 Å². The number of rotatable bonds is 4. The quantitative estimate of drug-likeness (QED) is 0.594. The lowest BCUT2D eigenvalue weighted by Crippen LogP contribution is -2.36. The van der Waals surface area contributed by atoms with Gasteiger partial charge in [-0.25, -0.2) is 9.78 Å². The number of esters is 1. The predicted molar refractivity (Wildman–Crippen MR) is 70.7 cm³/mol. The van der Waals surface area contributed by atoms with Crippen LogP contribution in [-0.2, 0) is 14.3 Å². The van der Waals surface area contributed by atoms with E-state index in [0.717, 1.165) is 18.9 Å². The first-order chi connectivity index (χ1) is 9.29. The first-order valence-corrected chi connectivity index (χ1v) is 6.29. The molecule has 0 atom stereocenters. The molecular formula is C13H17N3O3. The van der Waals surface area contributed by atoms with Crippen molar-refractivity contribution in [3.8, 4) is 0 Å². The van der Waals surface area contributed by atoms with Gasteiger partial charge in [0.2, 0.25) is 0 Å². The maximum atomic E-state index is 11.2. The molecule has 0 aromatic carbocycles. The molecule has 1 aliphatic rings. The second-order valence-electron chi connectivity index (χ2n) is 3.99. The highest BCUT2D eigenvalue weighted by Crippen LogP contribution is 2.12. The molecule has 0 amide bonds. The van der Waals surface area contributed by atoms with Crippen LogP contribution in [0.15, 0.2) is 18.5 Å². The van der Waals surface area contributed by atoms with Crippen LogP contribution in [0.4, 0.5) is 5.82 Å². The molecule has 0 spiro atoms. The molecule has 1 aromatic heterocycles. The van der Waals surface area contributed by atoms with Crippen LogP contribution in [-0.4, -0.2) is 48.8 Å². The molecule has 1 aromatic rings. The van der Waals surface area contributed by atoms with Crippen LogP contribution in [0.2, 0.25) is 0 Å². The summed E-state index contributed by atoms with van der Waals surface area (Å²) in [5.41, 5.74) is 0.636. The summed E-state index contributed by atoms with van der Waals surface area (Å²) in [5, 5.41) is 0. The molecule has 6 heteroatoms. The zero-order chi connectivity index (χ0) is 13.5. The summed E-state index contributed by atoms with van der Waals surface area (Å²) in [6.07, 6.45) is 6.29. The topological polar surface area (TPSA) is 64.5 Å². The van der Waals surface area contributed by atoms with Gasteiger partial charge in [-0.1, -0.05) is 0 Å². The minimum atomic E-state index is -0.374. The first kappa shape index (κ1) is 13.5. The normalized spacial score (nSPS) is 15.7. The number of carbonyl (C=O) groups excluding carboxylic acids is 1. The number of hydrogen-bond donors (Lipinski definition) is 0. The van der Waals surface area contributed by atoms with Crippen molar-refractivity contribution in [2.45, 2.75) is 6.92 Å². The Bertz CT molecular complexity index is 456. The van der Waals surface area contributed by atoms with Crippen molar-refractivity contribution in [1.82, 2.24) is 9.97 Å². The van der Waals surface area contributed by atoms with Gasteiger partial charge in [-0.15, -0.1) is 0 Å². The summed E-state index contributed by atoms with van der Waals surface area (Å²) in [6, 6.07) is 0. The van der Waals surface area contributed by atoms with Gasteiger partial charge >= 0.3 is 5.97 Å². The van der Waals surface area contributed by atoms with Gasteiger partial charge in [0.1, 0.15) is 5.82 Å². The molecule has 0 aliphatic carbocycles. The molecule has 2 heterocycles. The molecule has 0 N–H and O–H groups in total. The highest BCUT2D eigenvalue weighted by Gasteiger charge is 2.12. The van der Waals surface area contributed by atoms with Gasteiger partial charge in [0, 0.05) is 19.2 Å². The van der Waals surface area contributed by atoms with Gasteiger partial charge < -0.3 is 14.4 Å². The van der Waals surface area contributed by atoms with Crippen LogP contribution < -0.4 is 4.90 Å². The van der Waals surface area contributed by atoms with Gasteiger partial charge in [-0.2, -0.15) is 0 Å². The van der Waals surface area contributed by atoms with E-state index < -0.39 is 0 Å². The van der Waals surface area contributed by atoms with Crippen molar-refractivity contribution in [2.75, 3.05) is 37.8 Å². The molecule has 19 heavy (non-hydrogen) atoms. The van der Waals surface area contributed by atoms with Crippen molar-refractivity contribution >= 4 is 17.9 Å². The largest absolute Gasteiger partial charge is 0.463 e. The van der Waals surface area contributed by atoms with Crippen LogP contribution in [0, 0.1) is 0 Å². The van der Waals surface area contributed by atoms with Crippen LogP contribution in [0.5, 0.6) is 0 Å². The summed E-state index contributed by atoms with van der Waals surface area (Å²) in [4.78, 5) is 21.9. The Morgan fingerprint density at radius 2 is 2.26 bits per heavy atom. The molecule has 0 unspecified atom stereocenters. The number of carbonyl (C=O) groups is 1. The molecule has 0 radical (unpaired) electrons. The number of nitrogens with zero attached hydrogens (tertiary/aromatic N) is 3. The van der Waals surface area contributed by atoms with Crippen LogP contribution in [0.3, 0.4) is 0 Å². The van der Waals surface area contributed by atoms with Gasteiger partial charge in [0.15, 0.2) is 0 Å². The molecule has 6 nitrogen and oxygen atoms in total. The minimum Gasteiger partial charge on any atom is -0.463 e. The zero-order valence-corrected chi connectivity index (χ0v) is 10.9. The summed E-state index contributed by atoms with van der Waals surface area (Å²) in [7, 11) is 0. The van der Waals surface area contributed by atoms with E-state index in [-0.39, 0.29) is 5.97 Å². The number of aromatic nitrogens is 2. The SMILES string of the molecule is CCOC(=O)/C=C/c1cncc(N2CCOCC2)n1. The van der Waals surface area contributed by atoms with Crippen molar-refractivity contribution in [1.29, 1.82) is 0 Å². The fourth-order valence-corrected chi connectivity index (χ4v) is 1.74. The van der Waals surface area contributed by atoms with Crippen LogP contribution in [0.1, 0.15) is 12.6 Å². The van der Waals surface area contributed by atoms with E-state index in [1.54, 1.807) is 25.4 Å². The van der Waals surface area contributed by atoms with Crippen molar-refractivity contribution in [3.63, 3.8) is 0 Å². The third-order valence-corrected chi connectivity index (χ3v) is 2.65. The Hall–Kier alpha value is -1.95. The lowest BCUT2D eigenvalue weighted by molar-refractivity contribution is -0.137. The Morgan fingerprint density at radius 3 is 3.00 bits per heavy atom. The fourth-order valence-electron chi connectivity index (χ4n) is 1.74. The molecule has 0 saturated carbocycles. The molecule has 2 rings (SSSR count). The average molecular weight is 263 g/mol. The van der Waals surface area contributed by atoms with E-state index >= 15 is 0 Å². The second-order valence-corrected chi connectivity index (χ2v) is 3.99. The molecule has 102 valence electrons. The summed E-state index contributed by atoms with van der Waals surface area (Å²) in [5.74, 6) is 0.426. The molecule has 1 aliphatic heterocycles. The number of morpholine rings is 1. The zero-order valence-electron chi connectivity index (χ0n) is 10.9. The average Bonchev–Trinajstić information content (AvgIpc) is 2.47. The lowest BCUT2D eigenvalue weighted by atomic mass is 10.3. The summed E-state index contributed by atoms with van der Waals surface area (Å²) in [6.45, 7) is 5.14. The maximum Gasteiger partial charge on any atom is 0.330 e. The van der Waals surface area contributed by atoms with Crippen molar-refractivity contribution in [3.05, 3.63) is 24.2 Å². The molecular weight excluding hydrogens is 246 g/mol. The fraction of sp³-hybridized carbons (Fsp3) is 0.462. The standard InChI is InChI=1S/C13H17N3O3/c1-2-19-13(17)4-3-11-9-14-10-12(15-11)16-5-7-18-8-6-16/h3-4,9-10H,2,5-8H2,1H3/b4-3+. The monoisotopic (exact) mass is 263 g/mol. The maximum absolute atomic E-state index is 11.2. The first-order valence-electron chi connectivity index (χ1n) is 6.29. The van der Waals surface area contributed by atoms with E-state index in [9.17, 15) is 4.79 Å². The van der Waals surface area contributed by atoms with Gasteiger partial charge in [0.05, 0.1) is 37.9 Å². The molecule has 0 bridgehead atoms. The predicted octanol–water partition coefficient (Wildman–Crippen LogP) is 0.889. The van der Waals surface area contributed by atoms with E-state index in [4.69, 9.17) is 9.47 Å². The van der Waals surface area contributed by atoms with Gasteiger partial charge in [-0.05, 0) is 13.0 Å². The van der Waals surface area contributed by atoms with Crippen LogP contribution in [0.25, 0.3) is 6.08 Å². The van der Waals surface area contributed by atoms with Gasteiger partial charge in [0.25, 0.3) is 0 Å². The third-order valence-electron chi connectivity index (χ3n) is 2.65. The van der Waals surface area contributed by atoms with E-state index in [2.05, 4.69) is 14.9 Å². The van der Waals surface area contributed by atoms with Crippen LogP contribution >= 0.6 is 0 Å². The van der Waals surface area contributed by atoms with Gasteiger partial charge in [-0.3, -0.25) is 4.98 Å². The second kappa shape index (κ2) is 6.84. The van der Waals surface area contributed by atoms with E-state index in [0.29, 0.717) is 25.5 Å². The number of anilines is 1. The van der Waals surface area contributed by atoms with E-state index in [1.807, 2.05) is 0 Å². The smallest absolute Gasteiger partial charge is 0.330 e. The van der Waals surface area contributed by atoms with E-state index in [1.165, 1.54) is 6.08 Å². The third kappa shape index (κ3) is 4.03. The minimum absolute atomic E-state index is 0.364. The van der Waals surface area contributed by atoms with Crippen molar-refractivity contribution < 1.29 is 14.3 Å². The Morgan fingerprint density at radius 1 is 1.47 bits per heavy atom. The highest BCUT2D eigenvalue weighted by molar-refractivity contribution is 5.86. The summed E-state index contributed by atoms with van der Waals surface area (Å²) < 4.78 is 10.1. The Balaban J connectivity index is 2.04. The highest BCUT2D eigenvalue weighted by atomic mass is 16.5. The number of hydrogen-bond acceptors (Lipinski definition) is 6. The summed E-state index contributed by atoms with van der Waals surface area (Å²) >= 11 is 0. The molecule has 1 fully saturated rings. The Kier molecular flexibility index (Phi) is 4.85. The number of ether oxygens (including phenoxy) is 2.